The second-order valence-electron chi connectivity index (χ2n) is 6.69. The lowest BCUT2D eigenvalue weighted by Gasteiger charge is -2.31. The zero-order valence-corrected chi connectivity index (χ0v) is 16.7. The first-order chi connectivity index (χ1) is 14.8. The number of hydrogen-bond donors (Lipinski definition) is 1. The largest absolute Gasteiger partial charge is 0.409 e. The van der Waals surface area contributed by atoms with Crippen LogP contribution in [0, 0.1) is 0 Å². The quantitative estimate of drug-likeness (QED) is 0.618. The molecule has 1 aromatic heterocycles. The van der Waals surface area contributed by atoms with E-state index < -0.39 is 30.5 Å². The van der Waals surface area contributed by atoms with E-state index in [9.17, 15) is 22.8 Å². The average molecular weight is 447 g/mol. The van der Waals surface area contributed by atoms with Crippen molar-refractivity contribution in [3.63, 3.8) is 0 Å². The zero-order valence-electron chi connectivity index (χ0n) is 15.9. The molecule has 0 saturated carbocycles. The highest BCUT2D eigenvalue weighted by Gasteiger charge is 2.48. The Morgan fingerprint density at radius 3 is 2.58 bits per heavy atom. The fourth-order valence-electron chi connectivity index (χ4n) is 3.21. The third kappa shape index (κ3) is 4.55. The van der Waals surface area contributed by atoms with Crippen LogP contribution in [0.3, 0.4) is 0 Å². The first-order valence-electron chi connectivity index (χ1n) is 9.20. The Kier molecular flexibility index (Phi) is 5.68. The minimum Gasteiger partial charge on any atom is -0.324 e. The number of aromatic nitrogens is 3. The fraction of sp³-hybridized carbons (Fsp3) is 0.200. The van der Waals surface area contributed by atoms with Crippen LogP contribution < -0.4 is 10.2 Å². The van der Waals surface area contributed by atoms with E-state index in [0.29, 0.717) is 4.90 Å². The maximum Gasteiger partial charge on any atom is 0.409 e. The van der Waals surface area contributed by atoms with E-state index in [2.05, 4.69) is 15.4 Å². The van der Waals surface area contributed by atoms with E-state index in [1.165, 1.54) is 29.2 Å². The van der Waals surface area contributed by atoms with Gasteiger partial charge in [0.15, 0.2) is 0 Å². The molecule has 0 spiro atoms. The number of amides is 2. The molecule has 2 aromatic carbocycles. The minimum atomic E-state index is -4.78. The number of benzene rings is 2. The summed E-state index contributed by atoms with van der Waals surface area (Å²) in [7, 11) is 0. The molecule has 160 valence electrons. The van der Waals surface area contributed by atoms with Crippen LogP contribution in [0.4, 0.5) is 24.5 Å². The Morgan fingerprint density at radius 1 is 1.13 bits per heavy atom. The van der Waals surface area contributed by atoms with E-state index in [-0.39, 0.29) is 22.3 Å². The van der Waals surface area contributed by atoms with Gasteiger partial charge in [-0.3, -0.25) is 14.5 Å². The van der Waals surface area contributed by atoms with Crippen LogP contribution in [0.1, 0.15) is 6.42 Å². The molecule has 2 amide bonds. The van der Waals surface area contributed by atoms with Crippen LogP contribution >= 0.6 is 11.8 Å². The number of halogens is 3. The number of hydrogen-bond acceptors (Lipinski definition) is 5. The van der Waals surface area contributed by atoms with Crippen LogP contribution in [-0.4, -0.2) is 44.5 Å². The van der Waals surface area contributed by atoms with Crippen LogP contribution in [0.5, 0.6) is 0 Å². The van der Waals surface area contributed by atoms with Gasteiger partial charge in [0.1, 0.15) is 12.4 Å². The lowest BCUT2D eigenvalue weighted by Crippen LogP contribution is -2.50. The van der Waals surface area contributed by atoms with Crippen LogP contribution in [-0.2, 0) is 9.59 Å². The monoisotopic (exact) mass is 447 g/mol. The second kappa shape index (κ2) is 8.42. The summed E-state index contributed by atoms with van der Waals surface area (Å²) < 4.78 is 42.7. The van der Waals surface area contributed by atoms with Crippen molar-refractivity contribution in [1.29, 1.82) is 0 Å². The molecule has 3 aromatic rings. The number of para-hydroxylation sites is 3. The summed E-state index contributed by atoms with van der Waals surface area (Å²) in [5.74, 6) is -1.93. The van der Waals surface area contributed by atoms with Gasteiger partial charge in [-0.2, -0.15) is 13.2 Å². The van der Waals surface area contributed by atoms with Gasteiger partial charge in [-0.15, -0.1) is 5.10 Å². The summed E-state index contributed by atoms with van der Waals surface area (Å²) >= 11 is 0.926. The van der Waals surface area contributed by atoms with Crippen LogP contribution in [0.15, 0.2) is 66.1 Å². The molecule has 0 aliphatic carbocycles. The highest BCUT2D eigenvalue weighted by Crippen LogP contribution is 2.38. The Labute approximate surface area is 179 Å². The van der Waals surface area contributed by atoms with Gasteiger partial charge >= 0.3 is 6.18 Å². The maximum atomic E-state index is 13.7. The predicted octanol–water partition coefficient (Wildman–Crippen LogP) is 3.67. The van der Waals surface area contributed by atoms with Gasteiger partial charge in [-0.25, -0.2) is 9.67 Å². The Bertz CT molecular complexity index is 1100. The average Bonchev–Trinajstić information content (AvgIpc) is 3.15. The summed E-state index contributed by atoms with van der Waals surface area (Å²) in [6, 6.07) is 12.8. The van der Waals surface area contributed by atoms with Gasteiger partial charge in [0.25, 0.3) is 0 Å². The molecule has 2 heterocycles. The Hall–Kier alpha value is -3.34. The van der Waals surface area contributed by atoms with Crippen LogP contribution in [0.25, 0.3) is 5.69 Å². The molecular formula is C20H16F3N5O2S. The summed E-state index contributed by atoms with van der Waals surface area (Å²) in [6.45, 7) is 0. The zero-order chi connectivity index (χ0) is 22.0. The van der Waals surface area contributed by atoms with E-state index in [1.807, 2.05) is 30.3 Å². The number of carbonyl (C=O) groups is 2. The molecular weight excluding hydrogens is 431 g/mol. The highest BCUT2D eigenvalue weighted by atomic mass is 32.2. The summed E-state index contributed by atoms with van der Waals surface area (Å²) in [6.07, 6.45) is -4.19. The molecule has 4 rings (SSSR count). The van der Waals surface area contributed by atoms with Crippen molar-refractivity contribution in [2.24, 2.45) is 0 Å². The van der Waals surface area contributed by atoms with Gasteiger partial charge in [0.2, 0.25) is 17.0 Å². The van der Waals surface area contributed by atoms with Crippen molar-refractivity contribution >= 4 is 35.0 Å². The minimum absolute atomic E-state index is 0.00375. The third-order valence-electron chi connectivity index (χ3n) is 4.59. The molecule has 1 atom stereocenters. The van der Waals surface area contributed by atoms with Gasteiger partial charge in [0, 0.05) is 0 Å². The highest BCUT2D eigenvalue weighted by molar-refractivity contribution is 7.99. The normalized spacial score (nSPS) is 16.4. The van der Waals surface area contributed by atoms with Crippen molar-refractivity contribution in [1.82, 2.24) is 14.8 Å². The van der Waals surface area contributed by atoms with Crippen molar-refractivity contribution in [3.8, 4) is 5.69 Å². The maximum absolute atomic E-state index is 13.7. The molecule has 1 aliphatic heterocycles. The van der Waals surface area contributed by atoms with Gasteiger partial charge in [0.05, 0.1) is 29.2 Å². The van der Waals surface area contributed by atoms with Gasteiger partial charge in [-0.1, -0.05) is 42.1 Å². The molecule has 1 N–H and O–H groups in total. The molecule has 0 saturated heterocycles. The lowest BCUT2D eigenvalue weighted by molar-refractivity contribution is -0.157. The van der Waals surface area contributed by atoms with Gasteiger partial charge in [-0.05, 0) is 24.3 Å². The number of fused-ring (bicyclic) bond motifs is 1. The SMILES string of the molecule is O=C1C[C@@H](C(F)(F)F)N(C(=O)CSc2ncn(-c3ccccc3)n2)c2ccccc2N1. The van der Waals surface area contributed by atoms with E-state index >= 15 is 0 Å². The Morgan fingerprint density at radius 2 is 1.84 bits per heavy atom. The summed E-state index contributed by atoms with van der Waals surface area (Å²) in [5, 5.41) is 6.93. The lowest BCUT2D eigenvalue weighted by atomic mass is 10.1. The fourth-order valence-corrected chi connectivity index (χ4v) is 3.87. The molecule has 0 radical (unpaired) electrons. The molecule has 0 bridgehead atoms. The molecule has 31 heavy (non-hydrogen) atoms. The standard InChI is InChI=1S/C20H16F3N5O2S/c21-20(22,23)16-10-17(29)25-14-8-4-5-9-15(14)28(16)18(30)11-31-19-24-12-27(26-19)13-6-2-1-3-7-13/h1-9,12,16H,10-11H2,(H,25,29)/t16-/m0/s1. The summed E-state index contributed by atoms with van der Waals surface area (Å²) in [5.41, 5.74) is 0.921. The van der Waals surface area contributed by atoms with Crippen molar-refractivity contribution in [2.45, 2.75) is 23.8 Å². The molecule has 11 heteroatoms. The second-order valence-corrected chi connectivity index (χ2v) is 7.63. The van der Waals surface area contributed by atoms with Crippen molar-refractivity contribution < 1.29 is 22.8 Å². The number of thioether (sulfide) groups is 1. The van der Waals surface area contributed by atoms with E-state index in [1.54, 1.807) is 6.07 Å². The smallest absolute Gasteiger partial charge is 0.324 e. The first kappa shape index (κ1) is 20.9. The van der Waals surface area contributed by atoms with Crippen molar-refractivity contribution in [3.05, 3.63) is 60.9 Å². The molecule has 0 unspecified atom stereocenters. The summed E-state index contributed by atoms with van der Waals surface area (Å²) in [4.78, 5) is 29.7. The Balaban J connectivity index is 1.57. The third-order valence-corrected chi connectivity index (χ3v) is 5.43. The molecule has 7 nitrogen and oxygen atoms in total. The number of rotatable bonds is 4. The topological polar surface area (TPSA) is 80.1 Å². The molecule has 0 fully saturated rings. The van der Waals surface area contributed by atoms with Crippen molar-refractivity contribution in [2.75, 3.05) is 16.0 Å². The number of alkyl halides is 3. The first-order valence-corrected chi connectivity index (χ1v) is 10.2. The predicted molar refractivity (Wildman–Crippen MR) is 109 cm³/mol. The van der Waals surface area contributed by atoms with Gasteiger partial charge < -0.3 is 5.32 Å². The number of nitrogens with one attached hydrogen (secondary N) is 1. The number of carbonyl (C=O) groups excluding carboxylic acids is 2. The number of nitrogens with zero attached hydrogens (tertiary/aromatic N) is 4. The number of anilines is 2. The van der Waals surface area contributed by atoms with Crippen LogP contribution in [0.2, 0.25) is 0 Å². The van der Waals surface area contributed by atoms with E-state index in [0.717, 1.165) is 17.4 Å². The molecule has 1 aliphatic rings. The van der Waals surface area contributed by atoms with E-state index in [4.69, 9.17) is 0 Å².